The minimum atomic E-state index is -0.506. The summed E-state index contributed by atoms with van der Waals surface area (Å²) in [5, 5.41) is 10.1. The summed E-state index contributed by atoms with van der Waals surface area (Å²) in [6.07, 6.45) is 0. The zero-order valence-electron chi connectivity index (χ0n) is 13.6. The van der Waals surface area contributed by atoms with Crippen LogP contribution < -0.4 is 0 Å². The van der Waals surface area contributed by atoms with Crippen LogP contribution in [0.1, 0.15) is 17.0 Å². The third kappa shape index (κ3) is 1.98. The number of rotatable bonds is 1. The number of benzene rings is 2. The molecule has 4 nitrogen and oxygen atoms in total. The molecular weight excluding hydrogens is 305 g/mol. The van der Waals surface area contributed by atoms with Crippen molar-refractivity contribution < 1.29 is 9.50 Å². The largest absolute Gasteiger partial charge is 0.505 e. The van der Waals surface area contributed by atoms with Crippen molar-refractivity contribution in [1.29, 1.82) is 0 Å². The number of hydrogen-bond acceptors (Lipinski definition) is 3. The Morgan fingerprint density at radius 3 is 2.46 bits per heavy atom. The first kappa shape index (κ1) is 14.6. The van der Waals surface area contributed by atoms with E-state index in [4.69, 9.17) is 4.98 Å². The Morgan fingerprint density at radius 1 is 1.00 bits per heavy atom. The van der Waals surface area contributed by atoms with Gasteiger partial charge in [-0.25, -0.2) is 14.4 Å². The van der Waals surface area contributed by atoms with Gasteiger partial charge < -0.3 is 5.11 Å². The molecule has 0 fully saturated rings. The molecule has 0 atom stereocenters. The van der Waals surface area contributed by atoms with Gasteiger partial charge in [0.15, 0.2) is 0 Å². The van der Waals surface area contributed by atoms with Crippen LogP contribution in [0.5, 0.6) is 5.75 Å². The van der Waals surface area contributed by atoms with E-state index < -0.39 is 5.82 Å². The van der Waals surface area contributed by atoms with Crippen molar-refractivity contribution in [3.05, 3.63) is 59.2 Å². The molecule has 5 heteroatoms. The number of hydrogen-bond donors (Lipinski definition) is 1. The van der Waals surface area contributed by atoms with Crippen molar-refractivity contribution in [3.8, 4) is 17.1 Å². The van der Waals surface area contributed by atoms with Gasteiger partial charge in [0.2, 0.25) is 0 Å². The molecule has 0 saturated carbocycles. The predicted octanol–water partition coefficient (Wildman–Crippen LogP) is 4.32. The smallest absolute Gasteiger partial charge is 0.146 e. The molecule has 0 aliphatic carbocycles. The van der Waals surface area contributed by atoms with Crippen LogP contribution in [-0.2, 0) is 0 Å². The van der Waals surface area contributed by atoms with Gasteiger partial charge in [-0.3, -0.25) is 4.40 Å². The van der Waals surface area contributed by atoms with Crippen LogP contribution >= 0.6 is 0 Å². The number of aryl methyl sites for hydroxylation is 3. The highest BCUT2D eigenvalue weighted by atomic mass is 19.1. The van der Waals surface area contributed by atoms with E-state index in [1.54, 1.807) is 0 Å². The zero-order valence-corrected chi connectivity index (χ0v) is 13.6. The zero-order chi connectivity index (χ0) is 17.0. The highest BCUT2D eigenvalue weighted by molar-refractivity contribution is 5.87. The standard InChI is InChI=1S/C19H16FN3O/c1-10-6-4-5-7-14(10)19-22-12(3)18-11(2)21-17-15(23(18)19)8-13(20)9-16(17)24/h4-9,24H,1-3H3. The third-order valence-corrected chi connectivity index (χ3v) is 4.34. The Kier molecular flexibility index (Phi) is 3.06. The summed E-state index contributed by atoms with van der Waals surface area (Å²) in [6.45, 7) is 5.80. The summed E-state index contributed by atoms with van der Waals surface area (Å²) in [5.41, 5.74) is 5.33. The molecule has 4 rings (SSSR count). The molecule has 24 heavy (non-hydrogen) atoms. The average molecular weight is 321 g/mol. The normalized spacial score (nSPS) is 11.5. The number of phenols is 1. The van der Waals surface area contributed by atoms with E-state index in [-0.39, 0.29) is 5.75 Å². The van der Waals surface area contributed by atoms with Gasteiger partial charge in [-0.1, -0.05) is 24.3 Å². The van der Waals surface area contributed by atoms with Gasteiger partial charge >= 0.3 is 0 Å². The molecule has 2 aromatic carbocycles. The van der Waals surface area contributed by atoms with E-state index in [0.29, 0.717) is 11.0 Å². The number of aromatic hydroxyl groups is 1. The second-order valence-corrected chi connectivity index (χ2v) is 6.01. The van der Waals surface area contributed by atoms with Crippen molar-refractivity contribution in [2.75, 3.05) is 0 Å². The highest BCUT2D eigenvalue weighted by Crippen LogP contribution is 2.32. The highest BCUT2D eigenvalue weighted by Gasteiger charge is 2.19. The molecule has 0 unspecified atom stereocenters. The molecule has 0 saturated heterocycles. The monoisotopic (exact) mass is 321 g/mol. The fourth-order valence-electron chi connectivity index (χ4n) is 3.27. The summed E-state index contributed by atoms with van der Waals surface area (Å²) in [5.74, 6) is 0.0484. The number of fused-ring (bicyclic) bond motifs is 3. The molecule has 0 aliphatic heterocycles. The molecule has 0 bridgehead atoms. The first-order valence-electron chi connectivity index (χ1n) is 7.71. The van der Waals surface area contributed by atoms with E-state index in [9.17, 15) is 9.50 Å². The molecule has 1 N–H and O–H groups in total. The van der Waals surface area contributed by atoms with E-state index in [2.05, 4.69) is 4.98 Å². The van der Waals surface area contributed by atoms with E-state index in [1.165, 1.54) is 6.07 Å². The van der Waals surface area contributed by atoms with Crippen LogP contribution in [0.4, 0.5) is 4.39 Å². The van der Waals surface area contributed by atoms with Gasteiger partial charge in [-0.15, -0.1) is 0 Å². The van der Waals surface area contributed by atoms with Gasteiger partial charge in [0, 0.05) is 17.7 Å². The maximum absolute atomic E-state index is 13.9. The van der Waals surface area contributed by atoms with Crippen LogP contribution in [0, 0.1) is 26.6 Å². The summed E-state index contributed by atoms with van der Waals surface area (Å²) in [4.78, 5) is 9.17. The van der Waals surface area contributed by atoms with Gasteiger partial charge in [0.25, 0.3) is 0 Å². The van der Waals surface area contributed by atoms with Crippen molar-refractivity contribution >= 4 is 16.6 Å². The quantitative estimate of drug-likeness (QED) is 0.568. The topological polar surface area (TPSA) is 50.4 Å². The lowest BCUT2D eigenvalue weighted by Gasteiger charge is -2.10. The second kappa shape index (κ2) is 5.03. The molecule has 2 heterocycles. The number of halogens is 1. The lowest BCUT2D eigenvalue weighted by Crippen LogP contribution is -1.99. The van der Waals surface area contributed by atoms with E-state index >= 15 is 0 Å². The van der Waals surface area contributed by atoms with Crippen LogP contribution in [0.2, 0.25) is 0 Å². The van der Waals surface area contributed by atoms with Crippen molar-refractivity contribution in [2.45, 2.75) is 20.8 Å². The van der Waals surface area contributed by atoms with Gasteiger partial charge in [-0.05, 0) is 26.3 Å². The molecule has 120 valence electrons. The number of nitrogens with zero attached hydrogens (tertiary/aromatic N) is 3. The molecule has 0 spiro atoms. The molecule has 0 radical (unpaired) electrons. The fraction of sp³-hybridized carbons (Fsp3) is 0.158. The molecule has 4 aromatic rings. The van der Waals surface area contributed by atoms with Crippen molar-refractivity contribution in [1.82, 2.24) is 14.4 Å². The Labute approximate surface area is 138 Å². The van der Waals surface area contributed by atoms with Crippen LogP contribution in [0.3, 0.4) is 0 Å². The summed E-state index contributed by atoms with van der Waals surface area (Å²) in [6, 6.07) is 10.4. The molecule has 2 aromatic heterocycles. The Balaban J connectivity index is 2.26. The average Bonchev–Trinajstić information content (AvgIpc) is 2.87. The summed E-state index contributed by atoms with van der Waals surface area (Å²) < 4.78 is 15.8. The Bertz CT molecular complexity index is 1110. The molecular formula is C19H16FN3O. The van der Waals surface area contributed by atoms with Crippen LogP contribution in [-0.4, -0.2) is 19.5 Å². The fourth-order valence-corrected chi connectivity index (χ4v) is 3.27. The Hall–Kier alpha value is -2.95. The lowest BCUT2D eigenvalue weighted by atomic mass is 10.1. The molecule has 0 aliphatic rings. The van der Waals surface area contributed by atoms with E-state index in [0.717, 1.165) is 39.9 Å². The number of imidazole rings is 1. The van der Waals surface area contributed by atoms with Crippen LogP contribution in [0.15, 0.2) is 36.4 Å². The third-order valence-electron chi connectivity index (χ3n) is 4.34. The minimum absolute atomic E-state index is 0.169. The van der Waals surface area contributed by atoms with Crippen molar-refractivity contribution in [3.63, 3.8) is 0 Å². The minimum Gasteiger partial charge on any atom is -0.505 e. The van der Waals surface area contributed by atoms with Gasteiger partial charge in [0.05, 0.1) is 22.4 Å². The van der Waals surface area contributed by atoms with Gasteiger partial charge in [0.1, 0.15) is 22.9 Å². The van der Waals surface area contributed by atoms with Crippen LogP contribution in [0.25, 0.3) is 27.9 Å². The van der Waals surface area contributed by atoms with Gasteiger partial charge in [-0.2, -0.15) is 0 Å². The SMILES string of the molecule is Cc1ccccc1-c1nc(C)c2c(C)nc3c(O)cc(F)cc3n12. The first-order chi connectivity index (χ1) is 11.5. The number of phenolic OH excluding ortho intramolecular Hbond substituents is 1. The maximum atomic E-state index is 13.9. The summed E-state index contributed by atoms with van der Waals surface area (Å²) in [7, 11) is 0. The Morgan fingerprint density at radius 2 is 1.71 bits per heavy atom. The summed E-state index contributed by atoms with van der Waals surface area (Å²) >= 11 is 0. The van der Waals surface area contributed by atoms with Crippen molar-refractivity contribution in [2.24, 2.45) is 0 Å². The second-order valence-electron chi connectivity index (χ2n) is 6.01. The lowest BCUT2D eigenvalue weighted by molar-refractivity contribution is 0.474. The molecule has 0 amide bonds. The predicted molar refractivity (Wildman–Crippen MR) is 91.8 cm³/mol. The van der Waals surface area contributed by atoms with E-state index in [1.807, 2.05) is 49.4 Å². The first-order valence-corrected chi connectivity index (χ1v) is 7.71. The number of aromatic nitrogens is 3. The maximum Gasteiger partial charge on any atom is 0.146 e.